The maximum Gasteiger partial charge on any atom is 0.284 e. The largest absolute Gasteiger partial charge is 0.384 e. The fourth-order valence-electron chi connectivity index (χ4n) is 1.65. The van der Waals surface area contributed by atoms with E-state index in [0.717, 1.165) is 4.70 Å². The number of halogens is 1. The van der Waals surface area contributed by atoms with Crippen molar-refractivity contribution < 1.29 is 9.18 Å². The van der Waals surface area contributed by atoms with Gasteiger partial charge in [-0.05, 0) is 36.4 Å². The number of nitrogens with zero attached hydrogens (tertiary/aromatic N) is 2. The van der Waals surface area contributed by atoms with Crippen LogP contribution in [0.5, 0.6) is 0 Å². The number of hydrogen-bond donors (Lipinski definition) is 2. The summed E-state index contributed by atoms with van der Waals surface area (Å²) in [5.74, 6) is -0.367. The summed E-state index contributed by atoms with van der Waals surface area (Å²) in [6.45, 7) is 0. The highest BCUT2D eigenvalue weighted by Crippen LogP contribution is 2.22. The molecule has 5 nitrogen and oxygen atoms in total. The number of anilines is 2. The highest BCUT2D eigenvalue weighted by molar-refractivity contribution is 7.20. The van der Waals surface area contributed by atoms with Crippen LogP contribution < -0.4 is 11.1 Å². The zero-order chi connectivity index (χ0) is 14.1. The van der Waals surface area contributed by atoms with Gasteiger partial charge < -0.3 is 11.1 Å². The van der Waals surface area contributed by atoms with Crippen LogP contribution in [0.3, 0.4) is 0 Å². The minimum absolute atomic E-state index is 0.280. The number of thiazole rings is 1. The zero-order valence-corrected chi connectivity index (χ0v) is 10.9. The molecule has 100 valence electrons. The second kappa shape index (κ2) is 4.86. The van der Waals surface area contributed by atoms with Crippen LogP contribution in [-0.4, -0.2) is 15.9 Å². The predicted octanol–water partition coefficient (Wildman–Crippen LogP) is 2.66. The predicted molar refractivity (Wildman–Crippen MR) is 76.2 cm³/mol. The lowest BCUT2D eigenvalue weighted by Gasteiger charge is -2.01. The van der Waals surface area contributed by atoms with Crippen LogP contribution in [0, 0.1) is 5.82 Å². The third-order valence-corrected chi connectivity index (χ3v) is 3.58. The van der Waals surface area contributed by atoms with Crippen LogP contribution in [-0.2, 0) is 0 Å². The van der Waals surface area contributed by atoms with Crippen molar-refractivity contribution >= 4 is 39.1 Å². The SMILES string of the molecule is Nc1ccc2sc(C(=O)Nc3ccc(F)cc3)nc2n1. The van der Waals surface area contributed by atoms with Crippen LogP contribution in [0.2, 0.25) is 0 Å². The van der Waals surface area contributed by atoms with Gasteiger partial charge in [0.15, 0.2) is 10.7 Å². The third-order valence-electron chi connectivity index (χ3n) is 2.57. The summed E-state index contributed by atoms with van der Waals surface area (Å²) < 4.78 is 13.6. The fraction of sp³-hybridized carbons (Fsp3) is 0. The van der Waals surface area contributed by atoms with E-state index in [2.05, 4.69) is 15.3 Å². The number of nitrogens with two attached hydrogens (primary N) is 1. The Hall–Kier alpha value is -2.54. The Bertz CT molecular complexity index is 785. The number of hydrogen-bond acceptors (Lipinski definition) is 5. The first kappa shape index (κ1) is 12.5. The molecule has 1 aromatic carbocycles. The first-order valence-corrected chi connectivity index (χ1v) is 6.53. The maximum atomic E-state index is 12.8. The molecule has 0 atom stereocenters. The van der Waals surface area contributed by atoms with E-state index >= 15 is 0 Å². The van der Waals surface area contributed by atoms with Gasteiger partial charge in [-0.25, -0.2) is 14.4 Å². The van der Waals surface area contributed by atoms with Crippen molar-refractivity contribution in [2.45, 2.75) is 0 Å². The highest BCUT2D eigenvalue weighted by atomic mass is 32.1. The highest BCUT2D eigenvalue weighted by Gasteiger charge is 2.13. The molecule has 1 amide bonds. The topological polar surface area (TPSA) is 80.9 Å². The Morgan fingerprint density at radius 1 is 1.15 bits per heavy atom. The van der Waals surface area contributed by atoms with Crippen LogP contribution >= 0.6 is 11.3 Å². The normalized spacial score (nSPS) is 10.7. The molecule has 2 heterocycles. The number of carbonyl (C=O) groups excluding carboxylic acids is 1. The average Bonchev–Trinajstić information content (AvgIpc) is 2.84. The monoisotopic (exact) mass is 288 g/mol. The standard InChI is InChI=1S/C13H9FN4OS/c14-7-1-3-8(4-2-7)16-12(19)13-18-11-9(20-13)5-6-10(15)17-11/h1-6H,(H2,15,17)(H,16,19). The number of rotatable bonds is 2. The molecule has 3 rings (SSSR count). The number of benzene rings is 1. The number of nitrogens with one attached hydrogen (secondary N) is 1. The van der Waals surface area contributed by atoms with E-state index in [9.17, 15) is 9.18 Å². The van der Waals surface area contributed by atoms with Gasteiger partial charge >= 0.3 is 0 Å². The van der Waals surface area contributed by atoms with E-state index in [1.165, 1.54) is 35.6 Å². The van der Waals surface area contributed by atoms with Crippen LogP contribution in [0.1, 0.15) is 9.80 Å². The second-order valence-corrected chi connectivity index (χ2v) is 5.07. The Balaban J connectivity index is 1.86. The molecular weight excluding hydrogens is 279 g/mol. The molecule has 3 aromatic rings. The van der Waals surface area contributed by atoms with Crippen molar-refractivity contribution in [1.82, 2.24) is 9.97 Å². The van der Waals surface area contributed by atoms with Gasteiger partial charge in [0.05, 0.1) is 4.70 Å². The third kappa shape index (κ3) is 2.43. The lowest BCUT2D eigenvalue weighted by Crippen LogP contribution is -2.11. The van der Waals surface area contributed by atoms with Gasteiger partial charge in [0.25, 0.3) is 5.91 Å². The van der Waals surface area contributed by atoms with Crippen molar-refractivity contribution in [3.05, 3.63) is 47.2 Å². The lowest BCUT2D eigenvalue weighted by molar-refractivity contribution is 0.102. The molecule has 0 saturated carbocycles. The lowest BCUT2D eigenvalue weighted by atomic mass is 10.3. The molecule has 20 heavy (non-hydrogen) atoms. The molecule has 0 aliphatic rings. The van der Waals surface area contributed by atoms with Crippen LogP contribution in [0.4, 0.5) is 15.9 Å². The van der Waals surface area contributed by atoms with Crippen molar-refractivity contribution in [2.75, 3.05) is 11.1 Å². The Kier molecular flexibility index (Phi) is 3.03. The van der Waals surface area contributed by atoms with Crippen LogP contribution in [0.25, 0.3) is 10.3 Å². The van der Waals surface area contributed by atoms with E-state index < -0.39 is 0 Å². The Morgan fingerprint density at radius 2 is 1.90 bits per heavy atom. The molecule has 0 aliphatic heterocycles. The number of amides is 1. The summed E-state index contributed by atoms with van der Waals surface area (Å²) in [4.78, 5) is 20.2. The molecule has 7 heteroatoms. The number of aromatic nitrogens is 2. The molecule has 0 spiro atoms. The summed E-state index contributed by atoms with van der Waals surface area (Å²) in [7, 11) is 0. The van der Waals surface area contributed by atoms with Gasteiger partial charge in [0.2, 0.25) is 0 Å². The van der Waals surface area contributed by atoms with Gasteiger partial charge in [-0.1, -0.05) is 0 Å². The molecule has 0 unspecified atom stereocenters. The first-order chi connectivity index (χ1) is 9.61. The minimum Gasteiger partial charge on any atom is -0.384 e. The summed E-state index contributed by atoms with van der Waals surface area (Å²) >= 11 is 1.22. The first-order valence-electron chi connectivity index (χ1n) is 5.72. The average molecular weight is 288 g/mol. The van der Waals surface area contributed by atoms with Crippen molar-refractivity contribution in [1.29, 1.82) is 0 Å². The minimum atomic E-state index is -0.363. The molecule has 3 N–H and O–H groups in total. The number of pyridine rings is 1. The molecule has 0 radical (unpaired) electrons. The van der Waals surface area contributed by atoms with E-state index in [1.807, 2.05) is 0 Å². The summed E-state index contributed by atoms with van der Waals surface area (Å²) in [6, 6.07) is 8.94. The second-order valence-electron chi connectivity index (χ2n) is 4.04. The quantitative estimate of drug-likeness (QED) is 0.759. The van der Waals surface area contributed by atoms with Crippen molar-refractivity contribution in [3.63, 3.8) is 0 Å². The molecule has 0 fully saturated rings. The van der Waals surface area contributed by atoms with Gasteiger partial charge in [-0.3, -0.25) is 4.79 Å². The maximum absolute atomic E-state index is 12.8. The van der Waals surface area contributed by atoms with Crippen LogP contribution in [0.15, 0.2) is 36.4 Å². The van der Waals surface area contributed by atoms with Gasteiger partial charge in [-0.2, -0.15) is 0 Å². The molecule has 0 aliphatic carbocycles. The fourth-order valence-corrected chi connectivity index (χ4v) is 2.45. The molecule has 0 bridgehead atoms. The van der Waals surface area contributed by atoms with E-state index in [4.69, 9.17) is 5.73 Å². The summed E-state index contributed by atoms with van der Waals surface area (Å²) in [5.41, 5.74) is 6.51. The van der Waals surface area contributed by atoms with Gasteiger partial charge in [0.1, 0.15) is 11.6 Å². The molecule has 2 aromatic heterocycles. The van der Waals surface area contributed by atoms with E-state index in [-0.39, 0.29) is 16.7 Å². The number of carbonyl (C=O) groups is 1. The van der Waals surface area contributed by atoms with Gasteiger partial charge in [0, 0.05) is 5.69 Å². The number of nitrogen functional groups attached to an aromatic ring is 1. The smallest absolute Gasteiger partial charge is 0.284 e. The summed E-state index contributed by atoms with van der Waals surface area (Å²) in [6.07, 6.45) is 0. The Morgan fingerprint density at radius 3 is 2.65 bits per heavy atom. The van der Waals surface area contributed by atoms with Crippen molar-refractivity contribution in [3.8, 4) is 0 Å². The van der Waals surface area contributed by atoms with Gasteiger partial charge in [-0.15, -0.1) is 11.3 Å². The summed E-state index contributed by atoms with van der Waals surface area (Å²) in [5, 5.41) is 2.92. The van der Waals surface area contributed by atoms with Crippen molar-refractivity contribution in [2.24, 2.45) is 0 Å². The Labute approximate surface area is 117 Å². The number of fused-ring (bicyclic) bond motifs is 1. The molecular formula is C13H9FN4OS. The molecule has 0 saturated heterocycles. The van der Waals surface area contributed by atoms with E-state index in [0.29, 0.717) is 17.2 Å². The van der Waals surface area contributed by atoms with E-state index in [1.54, 1.807) is 12.1 Å². The zero-order valence-electron chi connectivity index (χ0n) is 10.1.